The van der Waals surface area contributed by atoms with Gasteiger partial charge in [-0.3, -0.25) is 9.59 Å². The molecule has 1 amide bonds. The van der Waals surface area contributed by atoms with Crippen molar-refractivity contribution < 1.29 is 18.0 Å². The zero-order valence-corrected chi connectivity index (χ0v) is 15.3. The van der Waals surface area contributed by atoms with E-state index < -0.39 is 15.9 Å². The molecule has 7 nitrogen and oxygen atoms in total. The molecule has 1 aromatic carbocycles. The lowest BCUT2D eigenvalue weighted by Gasteiger charge is -2.18. The second-order valence-corrected chi connectivity index (χ2v) is 7.74. The fraction of sp³-hybridized carbons (Fsp3) is 0.471. The molecule has 0 saturated heterocycles. The number of nitrogens with one attached hydrogen (secondary N) is 1. The molecule has 136 valence electrons. The Bertz CT molecular complexity index is 783. The second kappa shape index (κ2) is 8.35. The Morgan fingerprint density at radius 1 is 1.24 bits per heavy atom. The zero-order valence-electron chi connectivity index (χ0n) is 14.5. The number of sulfonamides is 1. The zero-order chi connectivity index (χ0) is 18.4. The third-order valence-corrected chi connectivity index (χ3v) is 6.12. The minimum Gasteiger partial charge on any atom is -0.299 e. The molecule has 0 aromatic heterocycles. The molecular weight excluding hydrogens is 342 g/mol. The summed E-state index contributed by atoms with van der Waals surface area (Å²) < 4.78 is 26.4. The van der Waals surface area contributed by atoms with Gasteiger partial charge in [-0.2, -0.15) is 9.41 Å². The first kappa shape index (κ1) is 19.3. The fourth-order valence-corrected chi connectivity index (χ4v) is 4.20. The van der Waals surface area contributed by atoms with Crippen LogP contribution in [0.1, 0.15) is 49.9 Å². The maximum atomic E-state index is 12.5. The Labute approximate surface area is 148 Å². The average Bonchev–Trinajstić information content (AvgIpc) is 2.60. The summed E-state index contributed by atoms with van der Waals surface area (Å²) in [6.45, 7) is 4.24. The maximum absolute atomic E-state index is 12.5. The average molecular weight is 365 g/mol. The van der Waals surface area contributed by atoms with Crippen molar-refractivity contribution in [2.75, 3.05) is 13.1 Å². The van der Waals surface area contributed by atoms with Crippen molar-refractivity contribution in [3.05, 3.63) is 29.8 Å². The predicted octanol–water partition coefficient (Wildman–Crippen LogP) is 1.95. The van der Waals surface area contributed by atoms with Gasteiger partial charge in [0.2, 0.25) is 10.0 Å². The summed E-state index contributed by atoms with van der Waals surface area (Å²) in [7, 11) is -3.63. The van der Waals surface area contributed by atoms with E-state index >= 15 is 0 Å². The van der Waals surface area contributed by atoms with Gasteiger partial charge in [-0.05, 0) is 31.0 Å². The number of hydrogen-bond acceptors (Lipinski definition) is 5. The molecule has 0 heterocycles. The first-order valence-electron chi connectivity index (χ1n) is 8.36. The summed E-state index contributed by atoms with van der Waals surface area (Å²) in [4.78, 5) is 23.7. The van der Waals surface area contributed by atoms with Gasteiger partial charge in [0.05, 0.1) is 4.90 Å². The number of hydrogen-bond donors (Lipinski definition) is 1. The van der Waals surface area contributed by atoms with Crippen molar-refractivity contribution in [3.8, 4) is 0 Å². The highest BCUT2D eigenvalue weighted by atomic mass is 32.2. The first-order chi connectivity index (χ1) is 11.9. The van der Waals surface area contributed by atoms with Crippen LogP contribution in [0.4, 0.5) is 0 Å². The molecule has 0 unspecified atom stereocenters. The number of benzene rings is 1. The fourth-order valence-electron chi connectivity index (χ4n) is 2.69. The third-order valence-electron chi connectivity index (χ3n) is 4.08. The van der Waals surface area contributed by atoms with Gasteiger partial charge in [0.15, 0.2) is 0 Å². The van der Waals surface area contributed by atoms with E-state index in [2.05, 4.69) is 10.5 Å². The molecule has 25 heavy (non-hydrogen) atoms. The van der Waals surface area contributed by atoms with Gasteiger partial charge in [-0.25, -0.2) is 13.8 Å². The molecule has 1 aromatic rings. The van der Waals surface area contributed by atoms with Gasteiger partial charge in [-0.15, -0.1) is 0 Å². The largest absolute Gasteiger partial charge is 0.299 e. The molecule has 0 radical (unpaired) electrons. The normalized spacial score (nSPS) is 17.1. The van der Waals surface area contributed by atoms with Crippen LogP contribution in [0.2, 0.25) is 0 Å². The summed E-state index contributed by atoms with van der Waals surface area (Å²) in [5.74, 6) is -0.381. The van der Waals surface area contributed by atoms with Crippen LogP contribution in [-0.2, 0) is 14.8 Å². The van der Waals surface area contributed by atoms with Crippen LogP contribution in [0.3, 0.4) is 0 Å². The van der Waals surface area contributed by atoms with E-state index in [9.17, 15) is 18.0 Å². The van der Waals surface area contributed by atoms with E-state index in [-0.39, 0.29) is 22.7 Å². The highest BCUT2D eigenvalue weighted by molar-refractivity contribution is 7.89. The van der Waals surface area contributed by atoms with Crippen LogP contribution in [0.15, 0.2) is 34.3 Å². The first-order valence-corrected chi connectivity index (χ1v) is 9.80. The lowest BCUT2D eigenvalue weighted by Crippen LogP contribution is -2.31. The highest BCUT2D eigenvalue weighted by Gasteiger charge is 2.22. The molecule has 8 heteroatoms. The summed E-state index contributed by atoms with van der Waals surface area (Å²) in [5, 5.41) is 4.01. The van der Waals surface area contributed by atoms with Crippen molar-refractivity contribution in [1.29, 1.82) is 0 Å². The smallest absolute Gasteiger partial charge is 0.271 e. The van der Waals surface area contributed by atoms with Gasteiger partial charge in [-0.1, -0.05) is 19.9 Å². The van der Waals surface area contributed by atoms with Gasteiger partial charge >= 0.3 is 0 Å². The minimum absolute atomic E-state index is 0.0735. The Kier molecular flexibility index (Phi) is 6.44. The lowest BCUT2D eigenvalue weighted by atomic mass is 9.97. The van der Waals surface area contributed by atoms with E-state index in [0.717, 1.165) is 6.42 Å². The molecule has 0 bridgehead atoms. The standard InChI is InChI=1S/C17H23N3O4S/c1-3-20(4-2)25(23,24)16-10-5-7-13(11-16)17(22)19-18-14-8-6-9-15(21)12-14/h5,7,10-11H,3-4,6,8-9,12H2,1-2H3,(H,19,22)/b18-14-. The number of rotatable bonds is 6. The summed E-state index contributed by atoms with van der Waals surface area (Å²) in [5.41, 5.74) is 3.27. The summed E-state index contributed by atoms with van der Waals surface area (Å²) in [6, 6.07) is 5.87. The third kappa shape index (κ3) is 4.73. The second-order valence-electron chi connectivity index (χ2n) is 5.81. The molecular formula is C17H23N3O4S. The van der Waals surface area contributed by atoms with Gasteiger partial charge < -0.3 is 0 Å². The topological polar surface area (TPSA) is 95.9 Å². The van der Waals surface area contributed by atoms with Gasteiger partial charge in [0.1, 0.15) is 5.78 Å². The van der Waals surface area contributed by atoms with Crippen LogP contribution < -0.4 is 5.43 Å². The molecule has 0 atom stereocenters. The summed E-state index contributed by atoms with van der Waals surface area (Å²) in [6.07, 6.45) is 2.24. The van der Waals surface area contributed by atoms with E-state index in [4.69, 9.17) is 0 Å². The molecule has 1 N–H and O–H groups in total. The molecule has 2 rings (SSSR count). The Balaban J connectivity index is 2.16. The molecule has 1 aliphatic carbocycles. The SMILES string of the molecule is CCN(CC)S(=O)(=O)c1cccc(C(=O)N/N=C2/CCCC(=O)C2)c1. The van der Waals surface area contributed by atoms with E-state index in [1.54, 1.807) is 13.8 Å². The minimum atomic E-state index is -3.63. The van der Waals surface area contributed by atoms with Crippen molar-refractivity contribution in [1.82, 2.24) is 9.73 Å². The Morgan fingerprint density at radius 3 is 2.60 bits per heavy atom. The van der Waals surface area contributed by atoms with Crippen molar-refractivity contribution in [2.45, 2.75) is 44.4 Å². The number of Topliss-reactive ketones (excluding diaryl/α,β-unsaturated/α-hetero) is 1. The molecule has 1 aliphatic rings. The van der Waals surface area contributed by atoms with Crippen molar-refractivity contribution in [3.63, 3.8) is 0 Å². The Hall–Kier alpha value is -2.06. The predicted molar refractivity (Wildman–Crippen MR) is 94.9 cm³/mol. The van der Waals surface area contributed by atoms with Crippen LogP contribution in [0.5, 0.6) is 0 Å². The molecule has 0 aliphatic heterocycles. The van der Waals surface area contributed by atoms with Crippen molar-refractivity contribution >= 4 is 27.4 Å². The highest BCUT2D eigenvalue weighted by Crippen LogP contribution is 2.17. The quantitative estimate of drug-likeness (QED) is 0.779. The van der Waals surface area contributed by atoms with E-state index in [1.807, 2.05) is 0 Å². The number of amides is 1. The van der Waals surface area contributed by atoms with Gasteiger partial charge in [0.25, 0.3) is 5.91 Å². The number of ketones is 1. The van der Waals surface area contributed by atoms with E-state index in [0.29, 0.717) is 31.6 Å². The van der Waals surface area contributed by atoms with Crippen LogP contribution in [-0.4, -0.2) is 43.2 Å². The van der Waals surface area contributed by atoms with Crippen LogP contribution >= 0.6 is 0 Å². The number of nitrogens with zero attached hydrogens (tertiary/aromatic N) is 2. The Morgan fingerprint density at radius 2 is 1.96 bits per heavy atom. The lowest BCUT2D eigenvalue weighted by molar-refractivity contribution is -0.118. The summed E-state index contributed by atoms with van der Waals surface area (Å²) >= 11 is 0. The van der Waals surface area contributed by atoms with E-state index in [1.165, 1.54) is 28.6 Å². The molecule has 0 spiro atoms. The van der Waals surface area contributed by atoms with Crippen LogP contribution in [0.25, 0.3) is 0 Å². The van der Waals surface area contributed by atoms with Crippen LogP contribution in [0, 0.1) is 0 Å². The maximum Gasteiger partial charge on any atom is 0.271 e. The molecule has 1 saturated carbocycles. The van der Waals surface area contributed by atoms with Crippen molar-refractivity contribution in [2.24, 2.45) is 5.10 Å². The number of carbonyl (C=O) groups is 2. The number of carbonyl (C=O) groups excluding carboxylic acids is 2. The van der Waals surface area contributed by atoms with Gasteiger partial charge in [0, 0.05) is 37.2 Å². The monoisotopic (exact) mass is 365 g/mol. The molecule has 1 fully saturated rings. The number of hydrazone groups is 1.